The molecular formula is C22H22ClN4O2+. The number of nitrogens with two attached hydrogens (primary N) is 2. The van der Waals surface area contributed by atoms with Crippen LogP contribution in [0.2, 0.25) is 5.02 Å². The lowest BCUT2D eigenvalue weighted by Crippen LogP contribution is -2.88. The van der Waals surface area contributed by atoms with Crippen LogP contribution in [0.3, 0.4) is 0 Å². The molecule has 7 heteroatoms. The minimum atomic E-state index is -0.303. The van der Waals surface area contributed by atoms with Crippen molar-refractivity contribution in [2.45, 2.75) is 6.04 Å². The van der Waals surface area contributed by atoms with Gasteiger partial charge in [0.2, 0.25) is 0 Å². The van der Waals surface area contributed by atoms with Gasteiger partial charge < -0.3 is 10.6 Å². The zero-order valence-corrected chi connectivity index (χ0v) is 16.4. The van der Waals surface area contributed by atoms with Gasteiger partial charge in [-0.2, -0.15) is 0 Å². The highest BCUT2D eigenvalue weighted by atomic mass is 35.5. The van der Waals surface area contributed by atoms with Crippen LogP contribution in [0.5, 0.6) is 0 Å². The molecule has 3 rings (SSSR count). The number of hydrazine groups is 1. The highest BCUT2D eigenvalue weighted by molar-refractivity contribution is 6.30. The molecule has 3 aromatic carbocycles. The van der Waals surface area contributed by atoms with Crippen molar-refractivity contribution in [3.63, 3.8) is 0 Å². The Labute approximate surface area is 174 Å². The standard InChI is InChI=1S/C22H21ClN4O2/c23-17-11-12-19(26-22(29)16-9-5-2-6-10-16)18(13-17)21(25-14-20(28)27-24)15-7-3-1-4-8-15/h1-13,21,25H,14,24H2,(H,26,29)(H,27,28)/p+1/t21-/m0/s1. The largest absolute Gasteiger partial charge is 0.328 e. The molecule has 0 bridgehead atoms. The van der Waals surface area contributed by atoms with Gasteiger partial charge in [-0.05, 0) is 30.3 Å². The minimum Gasteiger partial charge on any atom is -0.328 e. The topological polar surface area (TPSA) is 101 Å². The van der Waals surface area contributed by atoms with E-state index in [1.54, 1.807) is 30.3 Å². The number of nitrogens with one attached hydrogen (secondary N) is 2. The molecule has 6 nitrogen and oxygen atoms in total. The fraction of sp³-hybridized carbons (Fsp3) is 0.0909. The van der Waals surface area contributed by atoms with E-state index in [2.05, 4.69) is 10.7 Å². The molecule has 6 N–H and O–H groups in total. The van der Waals surface area contributed by atoms with Gasteiger partial charge in [-0.25, -0.2) is 5.84 Å². The quantitative estimate of drug-likeness (QED) is 0.273. The average molecular weight is 410 g/mol. The summed E-state index contributed by atoms with van der Waals surface area (Å²) in [6, 6.07) is 23.7. The van der Waals surface area contributed by atoms with Gasteiger partial charge in [-0.3, -0.25) is 15.0 Å². The molecule has 0 heterocycles. The predicted octanol–water partition coefficient (Wildman–Crippen LogP) is 2.24. The van der Waals surface area contributed by atoms with Gasteiger partial charge in [0, 0.05) is 21.7 Å². The summed E-state index contributed by atoms with van der Waals surface area (Å²) in [5, 5.41) is 5.35. The van der Waals surface area contributed by atoms with Crippen molar-refractivity contribution in [1.82, 2.24) is 5.43 Å². The first kappa shape index (κ1) is 20.5. The van der Waals surface area contributed by atoms with E-state index in [1.807, 2.05) is 53.8 Å². The molecule has 0 aliphatic rings. The number of anilines is 1. The Bertz CT molecular complexity index is 981. The van der Waals surface area contributed by atoms with Crippen LogP contribution in [0, 0.1) is 0 Å². The molecule has 2 amide bonds. The van der Waals surface area contributed by atoms with E-state index in [-0.39, 0.29) is 24.4 Å². The van der Waals surface area contributed by atoms with E-state index in [9.17, 15) is 9.59 Å². The third kappa shape index (κ3) is 5.42. The monoisotopic (exact) mass is 409 g/mol. The number of quaternary nitrogens is 1. The third-order valence-corrected chi connectivity index (χ3v) is 4.73. The second-order valence-corrected chi connectivity index (χ2v) is 6.88. The molecule has 0 radical (unpaired) electrons. The van der Waals surface area contributed by atoms with Crippen molar-refractivity contribution in [2.24, 2.45) is 5.84 Å². The maximum absolute atomic E-state index is 12.7. The highest BCUT2D eigenvalue weighted by Gasteiger charge is 2.23. The number of hydrogen-bond donors (Lipinski definition) is 4. The number of rotatable bonds is 7. The van der Waals surface area contributed by atoms with Crippen molar-refractivity contribution in [3.8, 4) is 0 Å². The van der Waals surface area contributed by atoms with E-state index < -0.39 is 0 Å². The second-order valence-electron chi connectivity index (χ2n) is 6.45. The van der Waals surface area contributed by atoms with E-state index in [4.69, 9.17) is 17.4 Å². The number of benzene rings is 3. The van der Waals surface area contributed by atoms with Crippen molar-refractivity contribution >= 4 is 29.1 Å². The van der Waals surface area contributed by atoms with Crippen LogP contribution in [0.1, 0.15) is 27.5 Å². The summed E-state index contributed by atoms with van der Waals surface area (Å²) in [4.78, 5) is 24.4. The molecule has 0 aliphatic carbocycles. The molecule has 0 spiro atoms. The summed E-state index contributed by atoms with van der Waals surface area (Å²) in [6.07, 6.45) is 0. The van der Waals surface area contributed by atoms with E-state index in [0.29, 0.717) is 16.3 Å². The molecule has 1 atom stereocenters. The van der Waals surface area contributed by atoms with Crippen LogP contribution in [-0.2, 0) is 4.79 Å². The molecule has 3 aromatic rings. The summed E-state index contributed by atoms with van der Waals surface area (Å²) >= 11 is 6.27. The van der Waals surface area contributed by atoms with Gasteiger partial charge in [0.05, 0.1) is 5.69 Å². The predicted molar refractivity (Wildman–Crippen MR) is 113 cm³/mol. The van der Waals surface area contributed by atoms with Crippen LogP contribution in [0.25, 0.3) is 0 Å². The summed E-state index contributed by atoms with van der Waals surface area (Å²) < 4.78 is 0. The van der Waals surface area contributed by atoms with E-state index >= 15 is 0 Å². The van der Waals surface area contributed by atoms with Gasteiger partial charge in [0.1, 0.15) is 6.04 Å². The Kier molecular flexibility index (Phi) is 6.97. The molecule has 29 heavy (non-hydrogen) atoms. The van der Waals surface area contributed by atoms with Gasteiger partial charge in [0.15, 0.2) is 6.54 Å². The number of amides is 2. The van der Waals surface area contributed by atoms with Crippen LogP contribution < -0.4 is 21.9 Å². The number of carbonyl (C=O) groups excluding carboxylic acids is 2. The Hall–Kier alpha value is -3.19. The Morgan fingerprint density at radius 1 is 0.966 bits per heavy atom. The van der Waals surface area contributed by atoms with Crippen LogP contribution in [0.4, 0.5) is 5.69 Å². The normalized spacial score (nSPS) is 11.5. The lowest BCUT2D eigenvalue weighted by atomic mass is 9.96. The molecule has 148 valence electrons. The molecule has 0 saturated heterocycles. The summed E-state index contributed by atoms with van der Waals surface area (Å²) in [6.45, 7) is 0.120. The Balaban J connectivity index is 1.97. The smallest absolute Gasteiger partial charge is 0.288 e. The maximum Gasteiger partial charge on any atom is 0.288 e. The van der Waals surface area contributed by atoms with Crippen molar-refractivity contribution in [2.75, 3.05) is 11.9 Å². The van der Waals surface area contributed by atoms with Crippen LogP contribution in [-0.4, -0.2) is 18.4 Å². The first-order valence-corrected chi connectivity index (χ1v) is 9.50. The molecule has 0 fully saturated rings. The number of hydrogen-bond acceptors (Lipinski definition) is 3. The SMILES string of the molecule is NNC(=O)C[NH2+][C@@H](c1ccccc1)c1cc(Cl)ccc1NC(=O)c1ccccc1. The van der Waals surface area contributed by atoms with E-state index in [0.717, 1.165) is 11.1 Å². The molecule has 0 unspecified atom stereocenters. The van der Waals surface area contributed by atoms with Crippen molar-refractivity contribution in [1.29, 1.82) is 0 Å². The van der Waals surface area contributed by atoms with Crippen LogP contribution in [0.15, 0.2) is 78.9 Å². The molecule has 0 saturated carbocycles. The third-order valence-electron chi connectivity index (χ3n) is 4.49. The van der Waals surface area contributed by atoms with Gasteiger partial charge >= 0.3 is 0 Å². The minimum absolute atomic E-state index is 0.120. The number of carbonyl (C=O) groups is 2. The summed E-state index contributed by atoms with van der Waals surface area (Å²) in [7, 11) is 0. The fourth-order valence-electron chi connectivity index (χ4n) is 3.08. The summed E-state index contributed by atoms with van der Waals surface area (Å²) in [5.74, 6) is 4.70. The van der Waals surface area contributed by atoms with Crippen LogP contribution >= 0.6 is 11.6 Å². The summed E-state index contributed by atoms with van der Waals surface area (Å²) in [5.41, 5.74) is 5.07. The molecular weight excluding hydrogens is 388 g/mol. The molecule has 0 aromatic heterocycles. The van der Waals surface area contributed by atoms with E-state index in [1.165, 1.54) is 0 Å². The average Bonchev–Trinajstić information content (AvgIpc) is 2.76. The first-order chi connectivity index (χ1) is 14.1. The lowest BCUT2D eigenvalue weighted by molar-refractivity contribution is -0.676. The zero-order chi connectivity index (χ0) is 20.6. The fourth-order valence-corrected chi connectivity index (χ4v) is 3.26. The first-order valence-electron chi connectivity index (χ1n) is 9.12. The van der Waals surface area contributed by atoms with Gasteiger partial charge in [0.25, 0.3) is 11.8 Å². The van der Waals surface area contributed by atoms with Crippen molar-refractivity contribution < 1.29 is 14.9 Å². The van der Waals surface area contributed by atoms with Crippen molar-refractivity contribution in [3.05, 3.63) is 101 Å². The van der Waals surface area contributed by atoms with Gasteiger partial charge in [-0.1, -0.05) is 60.1 Å². The second kappa shape index (κ2) is 9.84. The highest BCUT2D eigenvalue weighted by Crippen LogP contribution is 2.29. The number of halogens is 1. The Morgan fingerprint density at radius 3 is 2.28 bits per heavy atom. The van der Waals surface area contributed by atoms with Gasteiger partial charge in [-0.15, -0.1) is 0 Å². The maximum atomic E-state index is 12.7. The lowest BCUT2D eigenvalue weighted by Gasteiger charge is -2.20. The Morgan fingerprint density at radius 2 is 1.62 bits per heavy atom. The molecule has 0 aliphatic heterocycles. The zero-order valence-electron chi connectivity index (χ0n) is 15.6.